The van der Waals surface area contributed by atoms with Crippen molar-refractivity contribution < 1.29 is 36.2 Å². The molecule has 0 atom stereocenters. The quantitative estimate of drug-likeness (QED) is 0.175. The van der Waals surface area contributed by atoms with Crippen LogP contribution in [0.5, 0.6) is 17.2 Å². The number of hydrogen-bond acceptors (Lipinski definition) is 4. The number of benzene rings is 3. The molecule has 6 nitrogen and oxygen atoms in total. The topological polar surface area (TPSA) is 72.0 Å². The number of halogens is 5. The Morgan fingerprint density at radius 2 is 1.50 bits per heavy atom. The summed E-state index contributed by atoms with van der Waals surface area (Å²) in [5, 5.41) is 6.29. The van der Waals surface area contributed by atoms with Crippen molar-refractivity contribution in [3.8, 4) is 17.2 Å². The Kier molecular flexibility index (Phi) is 6.88. The summed E-state index contributed by atoms with van der Waals surface area (Å²) < 4.78 is 77.5. The number of nitrogens with zero attached hydrogens (tertiary/aromatic N) is 1. The van der Waals surface area contributed by atoms with Crippen molar-refractivity contribution >= 4 is 17.9 Å². The minimum absolute atomic E-state index is 0.0911. The molecular weight excluding hydrogens is 437 g/mol. The van der Waals surface area contributed by atoms with Gasteiger partial charge in [0.15, 0.2) is 11.5 Å². The Labute approximate surface area is 178 Å². The second kappa shape index (κ2) is 9.77. The lowest BCUT2D eigenvalue weighted by Gasteiger charge is -2.13. The van der Waals surface area contributed by atoms with Crippen LogP contribution in [0.1, 0.15) is 5.56 Å². The van der Waals surface area contributed by atoms with Gasteiger partial charge in [-0.1, -0.05) is 18.2 Å². The van der Waals surface area contributed by atoms with E-state index >= 15 is 0 Å². The number of rotatable bonds is 6. The van der Waals surface area contributed by atoms with E-state index in [0.29, 0.717) is 11.3 Å². The lowest BCUT2D eigenvalue weighted by Crippen LogP contribution is -2.24. The summed E-state index contributed by atoms with van der Waals surface area (Å²) >= 11 is 0. The summed E-state index contributed by atoms with van der Waals surface area (Å²) in [5.74, 6) is -12.7. The molecule has 0 aromatic heterocycles. The van der Waals surface area contributed by atoms with Gasteiger partial charge in [0.05, 0.1) is 13.3 Å². The SMILES string of the molecule is COc1cc(C=NNC(=O)Nc2ccccc2)ccc1Oc1c(F)c(F)c(F)c(F)c1F. The second-order valence-corrected chi connectivity index (χ2v) is 6.10. The first kappa shape index (κ1) is 22.5. The molecule has 0 bridgehead atoms. The third-order valence-electron chi connectivity index (χ3n) is 3.98. The third-order valence-corrected chi connectivity index (χ3v) is 3.98. The highest BCUT2D eigenvalue weighted by Gasteiger charge is 2.28. The zero-order chi connectivity index (χ0) is 23.3. The van der Waals surface area contributed by atoms with Crippen LogP contribution in [0.2, 0.25) is 0 Å². The highest BCUT2D eigenvalue weighted by Crippen LogP contribution is 2.37. The molecule has 0 unspecified atom stereocenters. The molecule has 3 aromatic carbocycles. The number of ether oxygens (including phenoxy) is 2. The first-order valence-corrected chi connectivity index (χ1v) is 8.84. The minimum atomic E-state index is -2.30. The van der Waals surface area contributed by atoms with Crippen molar-refractivity contribution in [1.29, 1.82) is 0 Å². The summed E-state index contributed by atoms with van der Waals surface area (Å²) in [6.07, 6.45) is 1.23. The van der Waals surface area contributed by atoms with E-state index in [-0.39, 0.29) is 11.5 Å². The van der Waals surface area contributed by atoms with Crippen molar-refractivity contribution in [1.82, 2.24) is 5.43 Å². The smallest absolute Gasteiger partial charge is 0.339 e. The average Bonchev–Trinajstić information content (AvgIpc) is 2.80. The summed E-state index contributed by atoms with van der Waals surface area (Å²) in [4.78, 5) is 11.8. The van der Waals surface area contributed by atoms with Gasteiger partial charge in [-0.15, -0.1) is 0 Å². The average molecular weight is 451 g/mol. The van der Waals surface area contributed by atoms with Crippen molar-refractivity contribution in [3.63, 3.8) is 0 Å². The first-order chi connectivity index (χ1) is 15.3. The molecule has 3 aromatic rings. The highest BCUT2D eigenvalue weighted by molar-refractivity contribution is 5.90. The number of carbonyl (C=O) groups is 1. The maximum atomic E-state index is 13.8. The van der Waals surface area contributed by atoms with Crippen LogP contribution in [0.25, 0.3) is 0 Å². The number of carbonyl (C=O) groups excluding carboxylic acids is 1. The summed E-state index contributed by atoms with van der Waals surface area (Å²) in [7, 11) is 1.20. The van der Waals surface area contributed by atoms with Gasteiger partial charge in [-0.05, 0) is 35.9 Å². The number of anilines is 1. The Balaban J connectivity index is 1.74. The van der Waals surface area contributed by atoms with Gasteiger partial charge in [0.2, 0.25) is 34.8 Å². The molecule has 0 radical (unpaired) electrons. The Morgan fingerprint density at radius 3 is 2.12 bits per heavy atom. The summed E-state index contributed by atoms with van der Waals surface area (Å²) in [6, 6.07) is 11.8. The van der Waals surface area contributed by atoms with Crippen molar-refractivity contribution in [3.05, 3.63) is 83.2 Å². The van der Waals surface area contributed by atoms with Crippen LogP contribution in [0, 0.1) is 29.1 Å². The van der Waals surface area contributed by atoms with E-state index in [1.165, 1.54) is 31.5 Å². The number of methoxy groups -OCH3 is 1. The fourth-order valence-corrected chi connectivity index (χ4v) is 2.48. The standard InChI is InChI=1S/C21H14F5N3O3/c1-31-14-9-11(10-27-29-21(30)28-12-5-3-2-4-6-12)7-8-13(14)32-20-18(25)16(23)15(22)17(24)19(20)26/h2-10H,1H3,(H2,28,29,30). The molecular formula is C21H14F5N3O3. The van der Waals surface area contributed by atoms with Crippen molar-refractivity contribution in [2.75, 3.05) is 12.4 Å². The predicted molar refractivity (Wildman–Crippen MR) is 105 cm³/mol. The molecule has 11 heteroatoms. The van der Waals surface area contributed by atoms with E-state index in [9.17, 15) is 26.7 Å². The van der Waals surface area contributed by atoms with E-state index in [0.717, 1.165) is 0 Å². The Morgan fingerprint density at radius 1 is 0.875 bits per heavy atom. The molecule has 0 aliphatic rings. The van der Waals surface area contributed by atoms with Crippen LogP contribution in [0.3, 0.4) is 0 Å². The van der Waals surface area contributed by atoms with Gasteiger partial charge < -0.3 is 14.8 Å². The van der Waals surface area contributed by atoms with E-state index in [1.807, 2.05) is 0 Å². The zero-order valence-electron chi connectivity index (χ0n) is 16.3. The highest BCUT2D eigenvalue weighted by atomic mass is 19.2. The van der Waals surface area contributed by atoms with E-state index in [1.54, 1.807) is 30.3 Å². The van der Waals surface area contributed by atoms with E-state index in [2.05, 4.69) is 15.8 Å². The molecule has 0 aliphatic heterocycles. The fraction of sp³-hybridized carbons (Fsp3) is 0.0476. The van der Waals surface area contributed by atoms with Crippen LogP contribution in [0.15, 0.2) is 53.6 Å². The number of para-hydroxylation sites is 1. The van der Waals surface area contributed by atoms with E-state index in [4.69, 9.17) is 9.47 Å². The van der Waals surface area contributed by atoms with Gasteiger partial charge in [-0.3, -0.25) is 0 Å². The normalized spacial score (nSPS) is 10.8. The molecule has 166 valence electrons. The number of nitrogens with one attached hydrogen (secondary N) is 2. The predicted octanol–water partition coefficient (Wildman–Crippen LogP) is 5.34. The third kappa shape index (κ3) is 4.94. The molecule has 32 heavy (non-hydrogen) atoms. The lowest BCUT2D eigenvalue weighted by molar-refractivity contribution is 0.252. The minimum Gasteiger partial charge on any atom is -0.493 e. The maximum absolute atomic E-state index is 13.8. The van der Waals surface area contributed by atoms with Crippen LogP contribution in [-0.4, -0.2) is 19.4 Å². The Bertz CT molecular complexity index is 1140. The van der Waals surface area contributed by atoms with Crippen LogP contribution < -0.4 is 20.2 Å². The lowest BCUT2D eigenvalue weighted by atomic mass is 10.2. The van der Waals surface area contributed by atoms with Crippen LogP contribution in [0.4, 0.5) is 32.4 Å². The fourth-order valence-electron chi connectivity index (χ4n) is 2.48. The Hall–Kier alpha value is -4.15. The molecule has 0 saturated heterocycles. The summed E-state index contributed by atoms with van der Waals surface area (Å²) in [5.41, 5.74) is 3.15. The van der Waals surface area contributed by atoms with Gasteiger partial charge in [0.1, 0.15) is 0 Å². The van der Waals surface area contributed by atoms with Gasteiger partial charge in [-0.25, -0.2) is 23.4 Å². The molecule has 2 N–H and O–H groups in total. The molecule has 3 rings (SSSR count). The number of urea groups is 1. The van der Waals surface area contributed by atoms with Gasteiger partial charge in [0.25, 0.3) is 0 Å². The number of hydrazone groups is 1. The van der Waals surface area contributed by atoms with Crippen molar-refractivity contribution in [2.24, 2.45) is 5.10 Å². The maximum Gasteiger partial charge on any atom is 0.339 e. The molecule has 0 aliphatic carbocycles. The number of hydrogen-bond donors (Lipinski definition) is 2. The molecule has 0 spiro atoms. The van der Waals surface area contributed by atoms with E-state index < -0.39 is 40.9 Å². The second-order valence-electron chi connectivity index (χ2n) is 6.10. The first-order valence-electron chi connectivity index (χ1n) is 8.84. The largest absolute Gasteiger partial charge is 0.493 e. The monoisotopic (exact) mass is 451 g/mol. The zero-order valence-corrected chi connectivity index (χ0v) is 16.3. The molecule has 2 amide bonds. The van der Waals surface area contributed by atoms with Crippen molar-refractivity contribution in [2.45, 2.75) is 0 Å². The van der Waals surface area contributed by atoms with Gasteiger partial charge in [0, 0.05) is 5.69 Å². The summed E-state index contributed by atoms with van der Waals surface area (Å²) in [6.45, 7) is 0. The molecule has 0 heterocycles. The number of amides is 2. The van der Waals surface area contributed by atoms with Crippen LogP contribution in [-0.2, 0) is 0 Å². The van der Waals surface area contributed by atoms with Gasteiger partial charge >= 0.3 is 6.03 Å². The molecule has 0 fully saturated rings. The van der Waals surface area contributed by atoms with Crippen LogP contribution >= 0.6 is 0 Å². The molecule has 0 saturated carbocycles. The van der Waals surface area contributed by atoms with Gasteiger partial charge in [-0.2, -0.15) is 13.9 Å².